The first-order valence-corrected chi connectivity index (χ1v) is 10.0. The second-order valence-corrected chi connectivity index (χ2v) is 6.99. The van der Waals surface area contributed by atoms with Crippen molar-refractivity contribution in [2.45, 2.75) is 31.9 Å². The highest BCUT2D eigenvalue weighted by Crippen LogP contribution is 2.25. The van der Waals surface area contributed by atoms with Gasteiger partial charge in [0.25, 0.3) is 0 Å². The summed E-state index contributed by atoms with van der Waals surface area (Å²) in [5, 5.41) is 4.57. The molecule has 0 unspecified atom stereocenters. The fraction of sp³-hybridized carbons (Fsp3) is 0.250. The zero-order valence-corrected chi connectivity index (χ0v) is 18.0. The Bertz CT molecular complexity index is 976. The molecular formula is C24H27ClN2O4. The van der Waals surface area contributed by atoms with Crippen molar-refractivity contribution in [3.63, 3.8) is 0 Å². The van der Waals surface area contributed by atoms with E-state index in [0.717, 1.165) is 16.3 Å². The monoisotopic (exact) mass is 442 g/mol. The van der Waals surface area contributed by atoms with E-state index < -0.39 is 18.1 Å². The lowest BCUT2D eigenvalue weighted by Crippen LogP contribution is -2.34. The maximum absolute atomic E-state index is 12.3. The Labute approximate surface area is 188 Å². The van der Waals surface area contributed by atoms with Crippen LogP contribution in [0.5, 0.6) is 5.75 Å². The molecule has 1 atom stereocenters. The van der Waals surface area contributed by atoms with Crippen molar-refractivity contribution in [1.82, 2.24) is 5.32 Å². The molecule has 3 aromatic rings. The Balaban J connectivity index is 0.00000341. The number of nitrogens with one attached hydrogen (secondary N) is 1. The van der Waals surface area contributed by atoms with Crippen LogP contribution < -0.4 is 15.8 Å². The van der Waals surface area contributed by atoms with Gasteiger partial charge in [-0.3, -0.25) is 0 Å². The third kappa shape index (κ3) is 7.59. The van der Waals surface area contributed by atoms with E-state index in [2.05, 4.69) is 5.32 Å². The number of carbonyl (C=O) groups excluding carboxylic acids is 2. The summed E-state index contributed by atoms with van der Waals surface area (Å²) in [6, 6.07) is 22.1. The molecule has 0 aliphatic rings. The molecule has 0 heterocycles. The van der Waals surface area contributed by atoms with Gasteiger partial charge in [0.1, 0.15) is 18.4 Å². The first-order chi connectivity index (χ1) is 14.6. The van der Waals surface area contributed by atoms with Gasteiger partial charge < -0.3 is 20.5 Å². The van der Waals surface area contributed by atoms with Gasteiger partial charge in [-0.05, 0) is 36.3 Å². The summed E-state index contributed by atoms with van der Waals surface area (Å²) in [6.07, 6.45) is 1.39. The zero-order valence-electron chi connectivity index (χ0n) is 17.2. The number of esters is 1. The highest BCUT2D eigenvalue weighted by molar-refractivity contribution is 5.91. The lowest BCUT2D eigenvalue weighted by atomic mass is 10.1. The van der Waals surface area contributed by atoms with Crippen LogP contribution in [0.1, 0.15) is 24.8 Å². The quantitative estimate of drug-likeness (QED) is 0.287. The fourth-order valence-corrected chi connectivity index (χ4v) is 3.04. The van der Waals surface area contributed by atoms with Crippen LogP contribution in [0.25, 0.3) is 10.8 Å². The van der Waals surface area contributed by atoms with Crippen molar-refractivity contribution in [1.29, 1.82) is 0 Å². The average Bonchev–Trinajstić information content (AvgIpc) is 2.78. The maximum atomic E-state index is 12.3. The van der Waals surface area contributed by atoms with E-state index in [0.29, 0.717) is 31.6 Å². The van der Waals surface area contributed by atoms with Crippen molar-refractivity contribution in [3.8, 4) is 5.75 Å². The number of fused-ring (bicyclic) bond motifs is 1. The van der Waals surface area contributed by atoms with Crippen molar-refractivity contribution in [2.24, 2.45) is 5.73 Å². The van der Waals surface area contributed by atoms with Gasteiger partial charge in [0.05, 0.1) is 0 Å². The van der Waals surface area contributed by atoms with Crippen LogP contribution in [-0.4, -0.2) is 24.6 Å². The van der Waals surface area contributed by atoms with Gasteiger partial charge >= 0.3 is 12.1 Å². The molecule has 3 rings (SSSR count). The maximum Gasteiger partial charge on any atom is 0.407 e. The van der Waals surface area contributed by atoms with Gasteiger partial charge in [0.2, 0.25) is 0 Å². The lowest BCUT2D eigenvalue weighted by molar-refractivity contribution is -0.135. The van der Waals surface area contributed by atoms with Crippen LogP contribution in [-0.2, 0) is 16.1 Å². The molecule has 0 saturated carbocycles. The number of hydrogen-bond acceptors (Lipinski definition) is 5. The minimum absolute atomic E-state index is 0. The Hall–Kier alpha value is -3.09. The van der Waals surface area contributed by atoms with E-state index in [1.807, 2.05) is 66.7 Å². The van der Waals surface area contributed by atoms with Gasteiger partial charge in [0.15, 0.2) is 0 Å². The molecule has 0 fully saturated rings. The van der Waals surface area contributed by atoms with Crippen LogP contribution in [0.4, 0.5) is 4.79 Å². The summed E-state index contributed by atoms with van der Waals surface area (Å²) in [5.74, 6) is 0.0537. The van der Waals surface area contributed by atoms with Gasteiger partial charge in [-0.15, -0.1) is 12.4 Å². The molecule has 0 saturated heterocycles. The fourth-order valence-electron chi connectivity index (χ4n) is 3.04. The van der Waals surface area contributed by atoms with Crippen molar-refractivity contribution in [3.05, 3.63) is 78.4 Å². The molecule has 164 valence electrons. The number of alkyl carbamates (subject to hydrolysis) is 1. The number of rotatable bonds is 9. The van der Waals surface area contributed by atoms with Crippen molar-refractivity contribution in [2.75, 3.05) is 6.54 Å². The summed E-state index contributed by atoms with van der Waals surface area (Å²) in [4.78, 5) is 24.0. The van der Waals surface area contributed by atoms with Gasteiger partial charge in [-0.25, -0.2) is 9.59 Å². The summed E-state index contributed by atoms with van der Waals surface area (Å²) in [5.41, 5.74) is 6.91. The van der Waals surface area contributed by atoms with Crippen LogP contribution in [0.3, 0.4) is 0 Å². The molecule has 6 nitrogen and oxygen atoms in total. The minimum Gasteiger partial charge on any atom is -0.445 e. The molecule has 0 aliphatic carbocycles. The molecular weight excluding hydrogens is 416 g/mol. The number of amides is 1. The van der Waals surface area contributed by atoms with Crippen molar-refractivity contribution < 1.29 is 19.1 Å². The predicted octanol–water partition coefficient (Wildman–Crippen LogP) is 4.59. The van der Waals surface area contributed by atoms with Crippen LogP contribution >= 0.6 is 12.4 Å². The predicted molar refractivity (Wildman–Crippen MR) is 123 cm³/mol. The Kier molecular flexibility index (Phi) is 9.81. The third-order valence-corrected chi connectivity index (χ3v) is 4.69. The normalized spacial score (nSPS) is 11.3. The van der Waals surface area contributed by atoms with Crippen LogP contribution in [0.15, 0.2) is 72.8 Å². The third-order valence-electron chi connectivity index (χ3n) is 4.69. The first-order valence-electron chi connectivity index (χ1n) is 10.0. The molecule has 0 spiro atoms. The van der Waals surface area contributed by atoms with E-state index in [9.17, 15) is 9.59 Å². The Morgan fingerprint density at radius 1 is 0.903 bits per heavy atom. The number of hydrogen-bond donors (Lipinski definition) is 2. The molecule has 1 amide bonds. The Morgan fingerprint density at radius 3 is 2.42 bits per heavy atom. The number of halogens is 1. The number of ether oxygens (including phenoxy) is 2. The van der Waals surface area contributed by atoms with E-state index in [1.165, 1.54) is 0 Å². The summed E-state index contributed by atoms with van der Waals surface area (Å²) in [6.45, 7) is 0.691. The van der Waals surface area contributed by atoms with Gasteiger partial charge in [-0.1, -0.05) is 66.7 Å². The van der Waals surface area contributed by atoms with Gasteiger partial charge in [-0.2, -0.15) is 0 Å². The van der Waals surface area contributed by atoms with E-state index >= 15 is 0 Å². The summed E-state index contributed by atoms with van der Waals surface area (Å²) in [7, 11) is 0. The summed E-state index contributed by atoms with van der Waals surface area (Å²) < 4.78 is 10.7. The summed E-state index contributed by atoms with van der Waals surface area (Å²) >= 11 is 0. The van der Waals surface area contributed by atoms with E-state index in [-0.39, 0.29) is 19.0 Å². The van der Waals surface area contributed by atoms with Gasteiger partial charge in [0, 0.05) is 11.9 Å². The average molecular weight is 443 g/mol. The highest BCUT2D eigenvalue weighted by atomic mass is 35.5. The smallest absolute Gasteiger partial charge is 0.407 e. The topological polar surface area (TPSA) is 90.6 Å². The number of benzene rings is 3. The minimum atomic E-state index is -0.714. The molecule has 3 N–H and O–H groups in total. The Morgan fingerprint density at radius 2 is 1.61 bits per heavy atom. The van der Waals surface area contributed by atoms with Crippen molar-refractivity contribution >= 4 is 35.2 Å². The van der Waals surface area contributed by atoms with Crippen LogP contribution in [0, 0.1) is 0 Å². The molecule has 7 heteroatoms. The molecule has 0 aliphatic heterocycles. The second kappa shape index (κ2) is 12.6. The number of unbranched alkanes of at least 4 members (excludes halogenated alkanes) is 1. The molecule has 0 radical (unpaired) electrons. The highest BCUT2D eigenvalue weighted by Gasteiger charge is 2.16. The SMILES string of the molecule is Cl.N[C@@H](CCCCNC(=O)OCc1ccccc1)C(=O)Oc1cccc2ccccc12. The number of nitrogens with two attached hydrogens (primary N) is 1. The molecule has 31 heavy (non-hydrogen) atoms. The molecule has 3 aromatic carbocycles. The zero-order chi connectivity index (χ0) is 21.2. The molecule has 0 aromatic heterocycles. The number of carbonyl (C=O) groups is 2. The lowest BCUT2D eigenvalue weighted by Gasteiger charge is -2.13. The van der Waals surface area contributed by atoms with E-state index in [4.69, 9.17) is 15.2 Å². The van der Waals surface area contributed by atoms with E-state index in [1.54, 1.807) is 6.07 Å². The standard InChI is InChI=1S/C24H26N2O4.ClH/c25-21(23(27)30-22-15-8-12-19-11-4-5-13-20(19)22)14-6-7-16-26-24(28)29-17-18-9-2-1-3-10-18;/h1-5,8-13,15,21H,6-7,14,16-17,25H2,(H,26,28);1H/t21-;/m0./s1. The first kappa shape index (κ1) is 24.2. The second-order valence-electron chi connectivity index (χ2n) is 6.99. The molecule has 0 bridgehead atoms. The van der Waals surface area contributed by atoms with Crippen LogP contribution in [0.2, 0.25) is 0 Å². The largest absolute Gasteiger partial charge is 0.445 e.